The number of nitrogens with two attached hydrogens (primary N) is 1. The van der Waals surface area contributed by atoms with E-state index in [2.05, 4.69) is 31.2 Å². The zero-order chi connectivity index (χ0) is 11.9. The van der Waals surface area contributed by atoms with Gasteiger partial charge in [-0.15, -0.1) is 0 Å². The molecule has 17 heavy (non-hydrogen) atoms. The van der Waals surface area contributed by atoms with Gasteiger partial charge >= 0.3 is 0 Å². The van der Waals surface area contributed by atoms with Crippen molar-refractivity contribution in [2.75, 3.05) is 0 Å². The van der Waals surface area contributed by atoms with Crippen LogP contribution in [0.1, 0.15) is 56.1 Å². The average molecular weight is 229 g/mol. The third-order valence-corrected chi connectivity index (χ3v) is 4.98. The summed E-state index contributed by atoms with van der Waals surface area (Å²) < 4.78 is 0. The van der Waals surface area contributed by atoms with E-state index in [0.717, 1.165) is 0 Å². The number of hydrogen-bond acceptors (Lipinski definition) is 1. The lowest BCUT2D eigenvalue weighted by Crippen LogP contribution is -2.56. The van der Waals surface area contributed by atoms with Crippen LogP contribution in [0.25, 0.3) is 0 Å². The van der Waals surface area contributed by atoms with E-state index in [1.165, 1.54) is 56.1 Å². The van der Waals surface area contributed by atoms with E-state index in [1.807, 2.05) is 0 Å². The fourth-order valence-corrected chi connectivity index (χ4v) is 4.26. The van der Waals surface area contributed by atoms with Gasteiger partial charge in [0.1, 0.15) is 0 Å². The van der Waals surface area contributed by atoms with Gasteiger partial charge in [0.2, 0.25) is 0 Å². The van der Waals surface area contributed by atoms with Gasteiger partial charge in [0, 0.05) is 5.54 Å². The van der Waals surface area contributed by atoms with Gasteiger partial charge < -0.3 is 5.73 Å². The van der Waals surface area contributed by atoms with E-state index >= 15 is 0 Å². The molecule has 1 nitrogen and oxygen atoms in total. The van der Waals surface area contributed by atoms with Gasteiger partial charge in [-0.1, -0.05) is 43.5 Å². The third kappa shape index (κ3) is 1.81. The summed E-state index contributed by atoms with van der Waals surface area (Å²) in [5.41, 5.74) is 9.96. The molecule has 0 bridgehead atoms. The molecule has 0 amide bonds. The molecule has 0 atom stereocenters. The summed E-state index contributed by atoms with van der Waals surface area (Å²) in [4.78, 5) is 0. The largest absolute Gasteiger partial charge is 0.321 e. The molecular formula is C16H23N. The molecule has 1 spiro atoms. The van der Waals surface area contributed by atoms with Crippen LogP contribution in [0.4, 0.5) is 0 Å². The number of rotatable bonds is 1. The first-order chi connectivity index (χ1) is 8.14. The van der Waals surface area contributed by atoms with Crippen molar-refractivity contribution >= 4 is 0 Å². The van der Waals surface area contributed by atoms with Crippen LogP contribution in [-0.2, 0) is 5.54 Å². The molecular weight excluding hydrogens is 206 g/mol. The van der Waals surface area contributed by atoms with Crippen molar-refractivity contribution in [2.45, 2.75) is 57.4 Å². The first-order valence-corrected chi connectivity index (χ1v) is 6.99. The van der Waals surface area contributed by atoms with Crippen molar-refractivity contribution < 1.29 is 0 Å². The molecule has 2 aliphatic carbocycles. The lowest BCUT2D eigenvalue weighted by molar-refractivity contribution is -0.0102. The van der Waals surface area contributed by atoms with E-state index in [0.29, 0.717) is 5.41 Å². The second-order valence-electron chi connectivity index (χ2n) is 6.39. The molecule has 0 aliphatic heterocycles. The minimum atomic E-state index is -0.0251. The van der Waals surface area contributed by atoms with Gasteiger partial charge in [0.05, 0.1) is 0 Å². The Labute approximate surface area is 104 Å². The highest BCUT2D eigenvalue weighted by molar-refractivity contribution is 5.35. The summed E-state index contributed by atoms with van der Waals surface area (Å²) in [5, 5.41) is 0. The predicted molar refractivity (Wildman–Crippen MR) is 71.8 cm³/mol. The fraction of sp³-hybridized carbons (Fsp3) is 0.625. The molecule has 2 N–H and O–H groups in total. The van der Waals surface area contributed by atoms with E-state index in [9.17, 15) is 0 Å². The van der Waals surface area contributed by atoms with Crippen LogP contribution in [0, 0.1) is 12.3 Å². The molecule has 2 fully saturated rings. The van der Waals surface area contributed by atoms with Crippen molar-refractivity contribution in [1.29, 1.82) is 0 Å². The standard InChI is InChI=1S/C16H23N/c1-13-7-3-4-8-14(13)16(17)11-15(12-16)9-5-2-6-10-15/h3-4,7-8H,2,5-6,9-12,17H2,1H3. The minimum absolute atomic E-state index is 0.0251. The van der Waals surface area contributed by atoms with Gasteiger partial charge in [-0.05, 0) is 49.1 Å². The van der Waals surface area contributed by atoms with Crippen molar-refractivity contribution in [3.63, 3.8) is 0 Å². The van der Waals surface area contributed by atoms with Crippen molar-refractivity contribution in [3.05, 3.63) is 35.4 Å². The number of benzene rings is 1. The van der Waals surface area contributed by atoms with Crippen molar-refractivity contribution in [2.24, 2.45) is 11.1 Å². The third-order valence-electron chi connectivity index (χ3n) is 4.98. The molecule has 0 radical (unpaired) electrons. The van der Waals surface area contributed by atoms with E-state index in [-0.39, 0.29) is 5.54 Å². The molecule has 3 rings (SSSR count). The van der Waals surface area contributed by atoms with Crippen molar-refractivity contribution in [3.8, 4) is 0 Å². The highest BCUT2D eigenvalue weighted by Crippen LogP contribution is 2.59. The van der Waals surface area contributed by atoms with Crippen LogP contribution in [0.15, 0.2) is 24.3 Å². The molecule has 2 aliphatic rings. The lowest BCUT2D eigenvalue weighted by Gasteiger charge is -2.57. The Morgan fingerprint density at radius 2 is 1.65 bits per heavy atom. The Bertz CT molecular complexity index is 407. The quantitative estimate of drug-likeness (QED) is 0.776. The van der Waals surface area contributed by atoms with Crippen LogP contribution in [0.3, 0.4) is 0 Å². The average Bonchev–Trinajstić information content (AvgIpc) is 2.29. The highest BCUT2D eigenvalue weighted by Gasteiger charge is 2.53. The van der Waals surface area contributed by atoms with Gasteiger partial charge in [0.25, 0.3) is 0 Å². The highest BCUT2D eigenvalue weighted by atomic mass is 14.8. The normalized spacial score (nSPS) is 25.5. The van der Waals surface area contributed by atoms with Gasteiger partial charge in [0.15, 0.2) is 0 Å². The Balaban J connectivity index is 1.80. The van der Waals surface area contributed by atoms with Gasteiger partial charge in [-0.2, -0.15) is 0 Å². The van der Waals surface area contributed by atoms with E-state index in [1.54, 1.807) is 0 Å². The summed E-state index contributed by atoms with van der Waals surface area (Å²) >= 11 is 0. The van der Waals surface area contributed by atoms with Crippen LogP contribution < -0.4 is 5.73 Å². The predicted octanol–water partition coefficient (Wildman–Crippen LogP) is 3.89. The molecule has 1 aromatic rings. The summed E-state index contributed by atoms with van der Waals surface area (Å²) in [6, 6.07) is 8.65. The smallest absolute Gasteiger partial charge is 0.0422 e. The Kier molecular flexibility index (Phi) is 2.55. The first-order valence-electron chi connectivity index (χ1n) is 6.99. The maximum absolute atomic E-state index is 6.63. The monoisotopic (exact) mass is 229 g/mol. The zero-order valence-electron chi connectivity index (χ0n) is 10.8. The second-order valence-corrected chi connectivity index (χ2v) is 6.39. The van der Waals surface area contributed by atoms with Gasteiger partial charge in [-0.25, -0.2) is 0 Å². The summed E-state index contributed by atoms with van der Waals surface area (Å²) in [5.74, 6) is 0. The molecule has 0 aromatic heterocycles. The molecule has 92 valence electrons. The number of hydrogen-bond donors (Lipinski definition) is 1. The number of aryl methyl sites for hydroxylation is 1. The van der Waals surface area contributed by atoms with E-state index < -0.39 is 0 Å². The molecule has 0 heterocycles. The van der Waals surface area contributed by atoms with E-state index in [4.69, 9.17) is 5.73 Å². The Hall–Kier alpha value is -0.820. The van der Waals surface area contributed by atoms with Crippen LogP contribution in [0.2, 0.25) is 0 Å². The SMILES string of the molecule is Cc1ccccc1C1(N)CC2(CCCCC2)C1. The fourth-order valence-electron chi connectivity index (χ4n) is 4.26. The second kappa shape index (κ2) is 3.84. The summed E-state index contributed by atoms with van der Waals surface area (Å²) in [6.07, 6.45) is 9.53. The summed E-state index contributed by atoms with van der Waals surface area (Å²) in [6.45, 7) is 2.19. The Morgan fingerprint density at radius 1 is 1.00 bits per heavy atom. The lowest BCUT2D eigenvalue weighted by atomic mass is 9.50. The maximum Gasteiger partial charge on any atom is 0.0422 e. The first kappa shape index (κ1) is 11.3. The van der Waals surface area contributed by atoms with Crippen LogP contribution in [-0.4, -0.2) is 0 Å². The Morgan fingerprint density at radius 3 is 2.29 bits per heavy atom. The topological polar surface area (TPSA) is 26.0 Å². The molecule has 1 heteroatoms. The van der Waals surface area contributed by atoms with Crippen LogP contribution >= 0.6 is 0 Å². The van der Waals surface area contributed by atoms with Crippen molar-refractivity contribution in [1.82, 2.24) is 0 Å². The van der Waals surface area contributed by atoms with Crippen LogP contribution in [0.5, 0.6) is 0 Å². The minimum Gasteiger partial charge on any atom is -0.321 e. The zero-order valence-corrected chi connectivity index (χ0v) is 10.8. The molecule has 0 saturated heterocycles. The summed E-state index contributed by atoms with van der Waals surface area (Å²) in [7, 11) is 0. The molecule has 2 saturated carbocycles. The maximum atomic E-state index is 6.63. The molecule has 0 unspecified atom stereocenters. The van der Waals surface area contributed by atoms with Gasteiger partial charge in [-0.3, -0.25) is 0 Å². The molecule has 1 aromatic carbocycles.